The Bertz CT molecular complexity index is 1020. The van der Waals surface area contributed by atoms with Crippen LogP contribution in [0.5, 0.6) is 5.75 Å². The number of carbonyl (C=O) groups is 1. The summed E-state index contributed by atoms with van der Waals surface area (Å²) < 4.78 is 11.0. The molecule has 6 nitrogen and oxygen atoms in total. The second kappa shape index (κ2) is 8.55. The van der Waals surface area contributed by atoms with E-state index in [4.69, 9.17) is 14.6 Å². The lowest BCUT2D eigenvalue weighted by Gasteiger charge is -2.27. The zero-order valence-electron chi connectivity index (χ0n) is 17.0. The molecule has 0 aromatic heterocycles. The van der Waals surface area contributed by atoms with Crippen molar-refractivity contribution in [1.82, 2.24) is 0 Å². The molecule has 0 bridgehead atoms. The molecule has 1 aliphatic carbocycles. The van der Waals surface area contributed by atoms with Gasteiger partial charge in [-0.05, 0) is 48.4 Å². The van der Waals surface area contributed by atoms with E-state index in [0.717, 1.165) is 35.6 Å². The van der Waals surface area contributed by atoms with Crippen LogP contribution in [0.25, 0.3) is 0 Å². The summed E-state index contributed by atoms with van der Waals surface area (Å²) in [5.41, 5.74) is 4.16. The van der Waals surface area contributed by atoms with Crippen LogP contribution < -0.4 is 9.75 Å². The van der Waals surface area contributed by atoms with Gasteiger partial charge in [-0.3, -0.25) is 5.01 Å². The molecule has 2 aromatic carbocycles. The summed E-state index contributed by atoms with van der Waals surface area (Å²) in [4.78, 5) is 11.2. The van der Waals surface area contributed by atoms with Gasteiger partial charge in [0.1, 0.15) is 5.75 Å². The smallest absolute Gasteiger partial charge is 0.335 e. The molecule has 0 saturated carbocycles. The van der Waals surface area contributed by atoms with E-state index in [2.05, 4.69) is 18.2 Å². The quantitative estimate of drug-likeness (QED) is 0.778. The number of ether oxygens (including phenoxy) is 2. The third-order valence-electron chi connectivity index (χ3n) is 5.48. The minimum absolute atomic E-state index is 0.00893. The fraction of sp³-hybridized carbons (Fsp3) is 0.250. The number of anilines is 1. The lowest BCUT2D eigenvalue weighted by Crippen LogP contribution is -2.29. The Kier molecular flexibility index (Phi) is 5.68. The molecule has 0 spiro atoms. The minimum atomic E-state index is -0.943. The highest BCUT2D eigenvalue weighted by atomic mass is 16.5. The molecular formula is C24H24N2O4. The zero-order valence-corrected chi connectivity index (χ0v) is 17.0. The number of hydrogen-bond acceptors (Lipinski definition) is 5. The summed E-state index contributed by atoms with van der Waals surface area (Å²) in [7, 11) is 3.37. The number of methoxy groups -OCH3 is 2. The van der Waals surface area contributed by atoms with Crippen molar-refractivity contribution in [2.45, 2.75) is 25.0 Å². The fourth-order valence-corrected chi connectivity index (χ4v) is 3.85. The van der Waals surface area contributed by atoms with Crippen LogP contribution in [0.3, 0.4) is 0 Å². The predicted molar refractivity (Wildman–Crippen MR) is 116 cm³/mol. The summed E-state index contributed by atoms with van der Waals surface area (Å²) in [5.74, 6) is -0.160. The number of carboxylic acids is 1. The van der Waals surface area contributed by atoms with Gasteiger partial charge >= 0.3 is 5.97 Å². The fourth-order valence-electron chi connectivity index (χ4n) is 3.85. The molecule has 2 aliphatic rings. The summed E-state index contributed by atoms with van der Waals surface area (Å²) in [5, 5.41) is 16.1. The van der Waals surface area contributed by atoms with E-state index in [1.165, 1.54) is 5.57 Å². The molecular weight excluding hydrogens is 380 g/mol. The first-order valence-corrected chi connectivity index (χ1v) is 9.85. The largest absolute Gasteiger partial charge is 0.496 e. The van der Waals surface area contributed by atoms with Gasteiger partial charge in [0.15, 0.2) is 0 Å². The van der Waals surface area contributed by atoms with Gasteiger partial charge in [-0.1, -0.05) is 30.4 Å². The van der Waals surface area contributed by atoms with Crippen LogP contribution in [0.2, 0.25) is 0 Å². The van der Waals surface area contributed by atoms with E-state index >= 15 is 0 Å². The second-order valence-corrected chi connectivity index (χ2v) is 7.24. The Morgan fingerprint density at radius 2 is 1.90 bits per heavy atom. The van der Waals surface area contributed by atoms with Gasteiger partial charge in [0.25, 0.3) is 0 Å². The molecule has 30 heavy (non-hydrogen) atoms. The Morgan fingerprint density at radius 1 is 1.13 bits per heavy atom. The lowest BCUT2D eigenvalue weighted by atomic mass is 9.93. The first kappa shape index (κ1) is 19.9. The molecule has 0 radical (unpaired) electrons. The van der Waals surface area contributed by atoms with E-state index in [1.807, 2.05) is 29.3 Å². The molecule has 0 fully saturated rings. The van der Waals surface area contributed by atoms with Crippen LogP contribution in [0, 0.1) is 0 Å². The van der Waals surface area contributed by atoms with Crippen molar-refractivity contribution in [1.29, 1.82) is 0 Å². The third-order valence-corrected chi connectivity index (χ3v) is 5.48. The van der Waals surface area contributed by atoms with Crippen molar-refractivity contribution in [2.75, 3.05) is 19.2 Å². The number of nitrogens with zero attached hydrogens (tertiary/aromatic N) is 2. The number of para-hydroxylation sites is 1. The Morgan fingerprint density at radius 3 is 2.53 bits per heavy atom. The van der Waals surface area contributed by atoms with Gasteiger partial charge in [-0.2, -0.15) is 5.10 Å². The van der Waals surface area contributed by atoms with E-state index in [0.29, 0.717) is 0 Å². The van der Waals surface area contributed by atoms with Crippen LogP contribution in [-0.2, 0) is 4.74 Å². The molecule has 0 amide bonds. The molecule has 6 heteroatoms. The number of aromatic carboxylic acids is 1. The molecule has 1 heterocycles. The van der Waals surface area contributed by atoms with Gasteiger partial charge in [-0.15, -0.1) is 0 Å². The molecule has 154 valence electrons. The number of rotatable bonds is 6. The summed E-state index contributed by atoms with van der Waals surface area (Å²) >= 11 is 0. The maximum atomic E-state index is 11.2. The van der Waals surface area contributed by atoms with Gasteiger partial charge < -0.3 is 14.6 Å². The Hall–Kier alpha value is -3.38. The maximum absolute atomic E-state index is 11.2. The van der Waals surface area contributed by atoms with E-state index in [-0.39, 0.29) is 17.7 Å². The van der Waals surface area contributed by atoms with E-state index in [9.17, 15) is 9.90 Å². The van der Waals surface area contributed by atoms with Gasteiger partial charge in [0, 0.05) is 19.1 Å². The molecule has 4 rings (SSSR count). The average molecular weight is 404 g/mol. The van der Waals surface area contributed by atoms with Crippen LogP contribution in [0.4, 0.5) is 5.69 Å². The first-order chi connectivity index (χ1) is 14.6. The van der Waals surface area contributed by atoms with Crippen molar-refractivity contribution in [3.05, 3.63) is 83.5 Å². The average Bonchev–Trinajstić information content (AvgIpc) is 3.24. The normalized spacial score (nSPS) is 20.7. The van der Waals surface area contributed by atoms with Crippen LogP contribution in [0.15, 0.2) is 77.4 Å². The predicted octanol–water partition coefficient (Wildman–Crippen LogP) is 4.28. The molecule has 1 aliphatic heterocycles. The number of carboxylic acid groups (broad SMARTS) is 1. The van der Waals surface area contributed by atoms with Crippen molar-refractivity contribution >= 4 is 17.4 Å². The van der Waals surface area contributed by atoms with E-state index < -0.39 is 5.97 Å². The van der Waals surface area contributed by atoms with Gasteiger partial charge in [0.05, 0.1) is 36.2 Å². The van der Waals surface area contributed by atoms with Crippen LogP contribution >= 0.6 is 0 Å². The number of benzene rings is 2. The van der Waals surface area contributed by atoms with Crippen molar-refractivity contribution < 1.29 is 19.4 Å². The standard InChI is InChI=1S/C24H24N2O4/c1-29-19-13-9-16(10-14-19)22-15-21(20-5-3-4-6-23(20)30-2)25-26(22)18-11-7-17(8-12-18)24(27)28/h3-13,19,22H,14-15H2,1-2H3,(H,27,28). The zero-order chi connectivity index (χ0) is 21.1. The first-order valence-electron chi connectivity index (χ1n) is 9.85. The minimum Gasteiger partial charge on any atom is -0.496 e. The molecule has 2 unspecified atom stereocenters. The van der Waals surface area contributed by atoms with Gasteiger partial charge in [-0.25, -0.2) is 4.79 Å². The van der Waals surface area contributed by atoms with E-state index in [1.54, 1.807) is 38.5 Å². The Balaban J connectivity index is 1.71. The van der Waals surface area contributed by atoms with Crippen molar-refractivity contribution in [3.63, 3.8) is 0 Å². The maximum Gasteiger partial charge on any atom is 0.335 e. The molecule has 0 saturated heterocycles. The van der Waals surface area contributed by atoms with Crippen LogP contribution in [-0.4, -0.2) is 43.2 Å². The highest BCUT2D eigenvalue weighted by molar-refractivity contribution is 6.05. The highest BCUT2D eigenvalue weighted by Crippen LogP contribution is 2.34. The molecule has 1 N–H and O–H groups in total. The third kappa shape index (κ3) is 3.86. The van der Waals surface area contributed by atoms with Gasteiger partial charge in [0.2, 0.25) is 0 Å². The highest BCUT2D eigenvalue weighted by Gasteiger charge is 2.32. The molecule has 2 atom stereocenters. The van der Waals surface area contributed by atoms with Crippen molar-refractivity contribution in [3.8, 4) is 5.75 Å². The summed E-state index contributed by atoms with van der Waals surface area (Å²) in [6.45, 7) is 0. The number of hydrogen-bond donors (Lipinski definition) is 1. The second-order valence-electron chi connectivity index (χ2n) is 7.24. The Labute approximate surface area is 175 Å². The topological polar surface area (TPSA) is 71.4 Å². The SMILES string of the molecule is COc1ccccc1C1=NN(c2ccc(C(=O)O)cc2)C(C2=CCC(OC)C=C2)C1. The number of hydrazone groups is 1. The summed E-state index contributed by atoms with van der Waals surface area (Å²) in [6.07, 6.45) is 7.99. The molecule has 2 aromatic rings. The van der Waals surface area contributed by atoms with Crippen LogP contribution in [0.1, 0.15) is 28.8 Å². The monoisotopic (exact) mass is 404 g/mol. The summed E-state index contributed by atoms with van der Waals surface area (Å²) in [6, 6.07) is 14.7. The lowest BCUT2D eigenvalue weighted by molar-refractivity contribution is 0.0697. The van der Waals surface area contributed by atoms with Crippen molar-refractivity contribution in [2.24, 2.45) is 5.10 Å².